The van der Waals surface area contributed by atoms with Crippen molar-refractivity contribution < 1.29 is 24.1 Å². The van der Waals surface area contributed by atoms with Crippen molar-refractivity contribution >= 4 is 13.2 Å². The van der Waals surface area contributed by atoms with Crippen LogP contribution in [-0.2, 0) is 0 Å². The lowest BCUT2D eigenvalue weighted by Crippen LogP contribution is -2.45. The molecule has 0 saturated carbocycles. The number of methoxy groups -OCH3 is 4. The van der Waals surface area contributed by atoms with E-state index in [0.717, 1.165) is 58.1 Å². The van der Waals surface area contributed by atoms with Gasteiger partial charge in [0.25, 0.3) is 0 Å². The molecule has 0 radical (unpaired) electrons. The van der Waals surface area contributed by atoms with Gasteiger partial charge in [-0.25, -0.2) is 0 Å². The van der Waals surface area contributed by atoms with E-state index in [2.05, 4.69) is 45.9 Å². The number of hydrogen-bond donors (Lipinski definition) is 1. The van der Waals surface area contributed by atoms with Gasteiger partial charge < -0.3 is 24.1 Å². The monoisotopic (exact) mass is 522 g/mol. The maximum Gasteiger partial charge on any atom is 0.130 e. The molecule has 4 rings (SSSR count). The Morgan fingerprint density at radius 1 is 0.622 bits per heavy atom. The van der Waals surface area contributed by atoms with Crippen LogP contribution < -0.4 is 24.3 Å². The third-order valence-corrected chi connectivity index (χ3v) is 11.1. The first-order valence-electron chi connectivity index (χ1n) is 12.6. The molecule has 3 aromatic rings. The Bertz CT molecular complexity index is 1130. The Morgan fingerprint density at radius 2 is 0.946 bits per heavy atom. The van der Waals surface area contributed by atoms with Crippen LogP contribution >= 0.6 is 7.92 Å². The van der Waals surface area contributed by atoms with E-state index in [4.69, 9.17) is 18.9 Å². The molecule has 0 spiro atoms. The zero-order chi connectivity index (χ0) is 27.0. The lowest BCUT2D eigenvalue weighted by molar-refractivity contribution is 0.125. The van der Waals surface area contributed by atoms with Gasteiger partial charge in [-0.1, -0.05) is 65.9 Å². The third kappa shape index (κ3) is 4.92. The van der Waals surface area contributed by atoms with Gasteiger partial charge in [0.2, 0.25) is 0 Å². The summed E-state index contributed by atoms with van der Waals surface area (Å²) in [6.45, 7) is 9.18. The Balaban J connectivity index is 2.18. The van der Waals surface area contributed by atoms with Gasteiger partial charge in [-0.05, 0) is 63.9 Å². The van der Waals surface area contributed by atoms with Gasteiger partial charge in [-0.3, -0.25) is 0 Å². The molecule has 0 amide bonds. The number of aliphatic hydroxyl groups is 1. The minimum atomic E-state index is -0.821. The molecule has 1 N–H and O–H groups in total. The van der Waals surface area contributed by atoms with Crippen LogP contribution in [0.15, 0.2) is 54.6 Å². The van der Waals surface area contributed by atoms with E-state index in [1.165, 1.54) is 5.30 Å². The van der Waals surface area contributed by atoms with Crippen LogP contribution in [0.2, 0.25) is 0 Å². The zero-order valence-corrected chi connectivity index (χ0v) is 24.1. The second-order valence-electron chi connectivity index (χ2n) is 10.8. The SMILES string of the molecule is COc1cccc(OC)c1-c1cccc(-c2c(OC)cccc2OC)c1P1C(C)(C)CC(O)CC1(C)C. The first kappa shape index (κ1) is 27.3. The van der Waals surface area contributed by atoms with Gasteiger partial charge in [-0.2, -0.15) is 0 Å². The smallest absolute Gasteiger partial charge is 0.130 e. The summed E-state index contributed by atoms with van der Waals surface area (Å²) in [4.78, 5) is 0. The van der Waals surface area contributed by atoms with Gasteiger partial charge >= 0.3 is 0 Å². The Kier molecular flexibility index (Phi) is 7.78. The molecule has 0 aliphatic carbocycles. The second-order valence-corrected chi connectivity index (χ2v) is 14.3. The molecule has 0 bridgehead atoms. The fraction of sp³-hybridized carbons (Fsp3) is 0.419. The standard InChI is InChI=1S/C31H39O5P/c1-30(2)18-20(32)19-31(3,4)37(30)29-21(27-23(33-5)14-10-15-24(27)34-6)12-9-13-22(29)28-25(35-7)16-11-17-26(28)36-8/h9-17,20,32H,18-19H2,1-8H3. The minimum absolute atomic E-state index is 0.133. The summed E-state index contributed by atoms with van der Waals surface area (Å²) in [6, 6.07) is 18.2. The maximum atomic E-state index is 10.9. The van der Waals surface area contributed by atoms with E-state index in [1.54, 1.807) is 28.4 Å². The molecule has 0 unspecified atom stereocenters. The van der Waals surface area contributed by atoms with Crippen LogP contribution in [-0.4, -0.2) is 50.0 Å². The Hall–Kier alpha value is -2.75. The number of hydrogen-bond acceptors (Lipinski definition) is 5. The fourth-order valence-corrected chi connectivity index (χ4v) is 10.7. The fourth-order valence-electron chi connectivity index (χ4n) is 6.25. The predicted molar refractivity (Wildman–Crippen MR) is 153 cm³/mol. The first-order chi connectivity index (χ1) is 17.6. The normalized spacial score (nSPS) is 20.2. The van der Waals surface area contributed by atoms with Crippen molar-refractivity contribution in [1.82, 2.24) is 0 Å². The van der Waals surface area contributed by atoms with Gasteiger partial charge in [-0.15, -0.1) is 0 Å². The average molecular weight is 523 g/mol. The zero-order valence-electron chi connectivity index (χ0n) is 23.2. The highest BCUT2D eigenvalue weighted by molar-refractivity contribution is 7.69. The molecule has 0 atom stereocenters. The van der Waals surface area contributed by atoms with E-state index in [-0.39, 0.29) is 16.4 Å². The number of ether oxygens (including phenoxy) is 4. The number of rotatable bonds is 7. The molecule has 6 heteroatoms. The summed E-state index contributed by atoms with van der Waals surface area (Å²) < 4.78 is 23.5. The molecule has 1 aliphatic rings. The van der Waals surface area contributed by atoms with E-state index in [0.29, 0.717) is 0 Å². The van der Waals surface area contributed by atoms with E-state index in [9.17, 15) is 5.11 Å². The summed E-state index contributed by atoms with van der Waals surface area (Å²) in [6.07, 6.45) is 1.14. The van der Waals surface area contributed by atoms with Gasteiger partial charge in [0, 0.05) is 0 Å². The van der Waals surface area contributed by atoms with E-state index >= 15 is 0 Å². The molecule has 1 aliphatic heterocycles. The van der Waals surface area contributed by atoms with Crippen LogP contribution in [0.25, 0.3) is 22.3 Å². The van der Waals surface area contributed by atoms with Crippen molar-refractivity contribution in [1.29, 1.82) is 0 Å². The quantitative estimate of drug-likeness (QED) is 0.343. The molecule has 198 valence electrons. The molecule has 1 heterocycles. The van der Waals surface area contributed by atoms with Gasteiger partial charge in [0.1, 0.15) is 23.0 Å². The molecular formula is C31H39O5P. The van der Waals surface area contributed by atoms with Crippen molar-refractivity contribution in [2.75, 3.05) is 28.4 Å². The molecule has 1 saturated heterocycles. The van der Waals surface area contributed by atoms with Crippen LogP contribution in [0.1, 0.15) is 40.5 Å². The first-order valence-corrected chi connectivity index (χ1v) is 14.0. The Labute approximate surface area is 222 Å². The summed E-state index contributed by atoms with van der Waals surface area (Å²) in [5.74, 6) is 3.03. The third-order valence-electron chi connectivity index (χ3n) is 7.33. The lowest BCUT2D eigenvalue weighted by atomic mass is 9.94. The van der Waals surface area contributed by atoms with Crippen molar-refractivity contribution in [3.63, 3.8) is 0 Å². The summed E-state index contributed by atoms with van der Waals surface area (Å²) in [5, 5.41) is 11.9. The minimum Gasteiger partial charge on any atom is -0.496 e. The van der Waals surface area contributed by atoms with Gasteiger partial charge in [0.15, 0.2) is 0 Å². The highest BCUT2D eigenvalue weighted by Crippen LogP contribution is 2.67. The van der Waals surface area contributed by atoms with E-state index in [1.807, 2.05) is 36.4 Å². The summed E-state index contributed by atoms with van der Waals surface area (Å²) >= 11 is 0. The van der Waals surface area contributed by atoms with Crippen molar-refractivity contribution in [2.24, 2.45) is 0 Å². The van der Waals surface area contributed by atoms with E-state index < -0.39 is 7.92 Å². The highest BCUT2D eigenvalue weighted by atomic mass is 31.1. The summed E-state index contributed by atoms with van der Waals surface area (Å²) in [7, 11) is 5.96. The molecule has 5 nitrogen and oxygen atoms in total. The second kappa shape index (κ2) is 10.6. The average Bonchev–Trinajstić information content (AvgIpc) is 2.86. The number of aliphatic hydroxyl groups excluding tert-OH is 1. The van der Waals surface area contributed by atoms with Crippen LogP contribution in [0.4, 0.5) is 0 Å². The predicted octanol–water partition coefficient (Wildman–Crippen LogP) is 6.87. The molecule has 3 aromatic carbocycles. The molecule has 0 aromatic heterocycles. The van der Waals surface area contributed by atoms with Crippen molar-refractivity contribution in [3.8, 4) is 45.3 Å². The summed E-state index contributed by atoms with van der Waals surface area (Å²) in [5.41, 5.74) is 4.00. The van der Waals surface area contributed by atoms with Crippen molar-refractivity contribution in [2.45, 2.75) is 57.0 Å². The largest absolute Gasteiger partial charge is 0.496 e. The Morgan fingerprint density at radius 3 is 1.27 bits per heavy atom. The number of benzene rings is 3. The van der Waals surface area contributed by atoms with Crippen LogP contribution in [0.3, 0.4) is 0 Å². The molecule has 1 fully saturated rings. The molecule has 37 heavy (non-hydrogen) atoms. The lowest BCUT2D eigenvalue weighted by Gasteiger charge is -2.52. The van der Waals surface area contributed by atoms with Gasteiger partial charge in [0.05, 0.1) is 45.7 Å². The van der Waals surface area contributed by atoms with Crippen LogP contribution in [0, 0.1) is 0 Å². The highest BCUT2D eigenvalue weighted by Gasteiger charge is 2.49. The van der Waals surface area contributed by atoms with Crippen LogP contribution in [0.5, 0.6) is 23.0 Å². The van der Waals surface area contributed by atoms with Crippen molar-refractivity contribution in [3.05, 3.63) is 54.6 Å². The molecular weight excluding hydrogens is 483 g/mol. The topological polar surface area (TPSA) is 57.2 Å². The maximum absolute atomic E-state index is 10.9.